The molecule has 2 heterocycles. The Kier molecular flexibility index (Phi) is 3.04. The van der Waals surface area contributed by atoms with E-state index in [4.69, 9.17) is 0 Å². The van der Waals surface area contributed by atoms with E-state index < -0.39 is 0 Å². The number of rotatable bonds is 4. The minimum atomic E-state index is 0.834. The predicted octanol–water partition coefficient (Wildman–Crippen LogP) is 0.629. The lowest BCUT2D eigenvalue weighted by Crippen LogP contribution is -2.10. The first-order valence-electron chi connectivity index (χ1n) is 4.85. The first-order chi connectivity index (χ1) is 7.42. The van der Waals surface area contributed by atoms with Crippen LogP contribution in [0.25, 0.3) is 11.4 Å². The van der Waals surface area contributed by atoms with Gasteiger partial charge in [0.1, 0.15) is 5.69 Å². The summed E-state index contributed by atoms with van der Waals surface area (Å²) in [6.07, 6.45) is 7.84. The van der Waals surface area contributed by atoms with E-state index in [-0.39, 0.29) is 0 Å². The number of aromatic nitrogens is 4. The summed E-state index contributed by atoms with van der Waals surface area (Å²) in [4.78, 5) is 8.27. The van der Waals surface area contributed by atoms with E-state index in [0.29, 0.717) is 0 Å². The van der Waals surface area contributed by atoms with Gasteiger partial charge in [-0.2, -0.15) is 5.10 Å². The maximum Gasteiger partial charge on any atom is 0.107 e. The Balaban J connectivity index is 2.25. The van der Waals surface area contributed by atoms with Gasteiger partial charge >= 0.3 is 0 Å². The standard InChI is InChI=1S/C10H13N5/c1-11-3-2-8-6-14-15-10(8)9-7-12-4-5-13-9/h4-7,11H,2-3H2,1H3,(H,14,15). The Hall–Kier alpha value is -1.75. The molecule has 5 nitrogen and oxygen atoms in total. The number of H-pyrrole nitrogens is 1. The van der Waals surface area contributed by atoms with E-state index in [0.717, 1.165) is 29.9 Å². The summed E-state index contributed by atoms with van der Waals surface area (Å²) < 4.78 is 0. The number of hydrogen-bond donors (Lipinski definition) is 2. The molecule has 0 saturated heterocycles. The van der Waals surface area contributed by atoms with E-state index in [1.54, 1.807) is 18.6 Å². The molecule has 2 aromatic heterocycles. The highest BCUT2D eigenvalue weighted by atomic mass is 15.1. The summed E-state index contributed by atoms with van der Waals surface area (Å²) in [5.41, 5.74) is 2.95. The maximum atomic E-state index is 4.24. The van der Waals surface area contributed by atoms with Gasteiger partial charge in [-0.1, -0.05) is 0 Å². The van der Waals surface area contributed by atoms with Crippen molar-refractivity contribution in [2.75, 3.05) is 13.6 Å². The molecule has 0 aliphatic heterocycles. The molecule has 0 amide bonds. The molecule has 2 N–H and O–H groups in total. The fourth-order valence-electron chi connectivity index (χ4n) is 1.41. The molecule has 2 aromatic rings. The molecule has 0 atom stereocenters. The molecule has 0 aromatic carbocycles. The van der Waals surface area contributed by atoms with Crippen LogP contribution in [-0.4, -0.2) is 33.8 Å². The number of aromatic amines is 1. The fourth-order valence-corrected chi connectivity index (χ4v) is 1.41. The molecule has 2 rings (SSSR count). The van der Waals surface area contributed by atoms with E-state index >= 15 is 0 Å². The van der Waals surface area contributed by atoms with Crippen molar-refractivity contribution in [2.45, 2.75) is 6.42 Å². The van der Waals surface area contributed by atoms with Crippen LogP contribution >= 0.6 is 0 Å². The van der Waals surface area contributed by atoms with Gasteiger partial charge in [0.05, 0.1) is 18.1 Å². The minimum absolute atomic E-state index is 0.834. The number of nitrogens with zero attached hydrogens (tertiary/aromatic N) is 3. The average Bonchev–Trinajstić information content (AvgIpc) is 2.75. The molecular weight excluding hydrogens is 190 g/mol. The molecule has 0 aliphatic rings. The molecule has 0 unspecified atom stereocenters. The van der Waals surface area contributed by atoms with Crippen molar-refractivity contribution >= 4 is 0 Å². The smallest absolute Gasteiger partial charge is 0.107 e. The van der Waals surface area contributed by atoms with Crippen LogP contribution in [-0.2, 0) is 6.42 Å². The lowest BCUT2D eigenvalue weighted by molar-refractivity contribution is 0.792. The summed E-state index contributed by atoms with van der Waals surface area (Å²) in [5, 5.41) is 10.1. The SMILES string of the molecule is CNCCc1cn[nH]c1-c1cnccn1. The predicted molar refractivity (Wildman–Crippen MR) is 57.2 cm³/mol. The second-order valence-electron chi connectivity index (χ2n) is 3.21. The first-order valence-corrected chi connectivity index (χ1v) is 4.85. The number of likely N-dealkylation sites (N-methyl/N-ethyl adjacent to an activating group) is 1. The quantitative estimate of drug-likeness (QED) is 0.764. The molecule has 0 radical (unpaired) electrons. The highest BCUT2D eigenvalue weighted by Crippen LogP contribution is 2.17. The summed E-state index contributed by atoms with van der Waals surface area (Å²) >= 11 is 0. The molecular formula is C10H13N5. The van der Waals surface area contributed by atoms with Crippen molar-refractivity contribution in [1.82, 2.24) is 25.5 Å². The van der Waals surface area contributed by atoms with Crippen LogP contribution in [0, 0.1) is 0 Å². The molecule has 0 saturated carbocycles. The summed E-state index contributed by atoms with van der Waals surface area (Å²) in [7, 11) is 1.93. The van der Waals surface area contributed by atoms with Crippen LogP contribution in [0.15, 0.2) is 24.8 Å². The zero-order valence-electron chi connectivity index (χ0n) is 8.57. The van der Waals surface area contributed by atoms with Crippen LogP contribution in [0.5, 0.6) is 0 Å². The Labute approximate surface area is 88.0 Å². The summed E-state index contributed by atoms with van der Waals surface area (Å²) in [6.45, 7) is 0.923. The Bertz CT molecular complexity index is 409. The lowest BCUT2D eigenvalue weighted by Gasteiger charge is -2.01. The third-order valence-electron chi connectivity index (χ3n) is 2.18. The molecule has 15 heavy (non-hydrogen) atoms. The monoisotopic (exact) mass is 203 g/mol. The largest absolute Gasteiger partial charge is 0.319 e. The van der Waals surface area contributed by atoms with Crippen molar-refractivity contribution in [2.24, 2.45) is 0 Å². The lowest BCUT2D eigenvalue weighted by atomic mass is 10.1. The highest BCUT2D eigenvalue weighted by molar-refractivity contribution is 5.56. The van der Waals surface area contributed by atoms with Crippen molar-refractivity contribution in [3.63, 3.8) is 0 Å². The molecule has 0 aliphatic carbocycles. The topological polar surface area (TPSA) is 66.5 Å². The van der Waals surface area contributed by atoms with Gasteiger partial charge in [0.15, 0.2) is 0 Å². The summed E-state index contributed by atoms with van der Waals surface area (Å²) in [6, 6.07) is 0. The van der Waals surface area contributed by atoms with Gasteiger partial charge in [0, 0.05) is 18.0 Å². The molecule has 78 valence electrons. The third kappa shape index (κ3) is 2.19. The van der Waals surface area contributed by atoms with Crippen molar-refractivity contribution in [1.29, 1.82) is 0 Å². The van der Waals surface area contributed by atoms with Gasteiger partial charge < -0.3 is 5.32 Å². The van der Waals surface area contributed by atoms with Crippen molar-refractivity contribution in [3.8, 4) is 11.4 Å². The van der Waals surface area contributed by atoms with Gasteiger partial charge in [0.2, 0.25) is 0 Å². The molecule has 0 fully saturated rings. The molecule has 0 bridgehead atoms. The van der Waals surface area contributed by atoms with Gasteiger partial charge in [-0.15, -0.1) is 0 Å². The number of nitrogens with one attached hydrogen (secondary N) is 2. The Morgan fingerprint density at radius 3 is 3.00 bits per heavy atom. The zero-order chi connectivity index (χ0) is 10.5. The van der Waals surface area contributed by atoms with Crippen LogP contribution in [0.3, 0.4) is 0 Å². The van der Waals surface area contributed by atoms with Crippen LogP contribution in [0.1, 0.15) is 5.56 Å². The van der Waals surface area contributed by atoms with E-state index in [9.17, 15) is 0 Å². The van der Waals surface area contributed by atoms with Gasteiger partial charge in [-0.05, 0) is 20.0 Å². The zero-order valence-corrected chi connectivity index (χ0v) is 8.57. The van der Waals surface area contributed by atoms with Crippen molar-refractivity contribution < 1.29 is 0 Å². The third-order valence-corrected chi connectivity index (χ3v) is 2.18. The van der Waals surface area contributed by atoms with Crippen molar-refractivity contribution in [3.05, 3.63) is 30.4 Å². The fraction of sp³-hybridized carbons (Fsp3) is 0.300. The van der Waals surface area contributed by atoms with Crippen LogP contribution < -0.4 is 5.32 Å². The van der Waals surface area contributed by atoms with Gasteiger partial charge in [0.25, 0.3) is 0 Å². The first kappa shape index (κ1) is 9.79. The number of hydrogen-bond acceptors (Lipinski definition) is 4. The van der Waals surface area contributed by atoms with E-state index in [1.807, 2.05) is 13.2 Å². The minimum Gasteiger partial charge on any atom is -0.319 e. The highest BCUT2D eigenvalue weighted by Gasteiger charge is 2.07. The average molecular weight is 203 g/mol. The molecule has 5 heteroatoms. The van der Waals surface area contributed by atoms with Crippen LogP contribution in [0.2, 0.25) is 0 Å². The van der Waals surface area contributed by atoms with Crippen LogP contribution in [0.4, 0.5) is 0 Å². The second-order valence-corrected chi connectivity index (χ2v) is 3.21. The molecule has 0 spiro atoms. The Morgan fingerprint density at radius 2 is 2.27 bits per heavy atom. The normalized spacial score (nSPS) is 10.5. The summed E-state index contributed by atoms with van der Waals surface area (Å²) in [5.74, 6) is 0. The van der Waals surface area contributed by atoms with Gasteiger partial charge in [-0.3, -0.25) is 15.1 Å². The second kappa shape index (κ2) is 4.65. The van der Waals surface area contributed by atoms with E-state index in [2.05, 4.69) is 25.5 Å². The maximum absolute atomic E-state index is 4.24. The van der Waals surface area contributed by atoms with Gasteiger partial charge in [-0.25, -0.2) is 0 Å². The Morgan fingerprint density at radius 1 is 1.33 bits per heavy atom. The van der Waals surface area contributed by atoms with E-state index in [1.165, 1.54) is 0 Å².